The SMILES string of the molecule is Cn1cc(-c2ccc(CN3CCC(CCN4CCC(c5ccc(NC6CCC(=O)NC6=O)cc5C(F)(F)F)CC4)CC3)c(OC(F)(F)F)c2)c2cc(F)ccc2c1=O. The lowest BCUT2D eigenvalue weighted by atomic mass is 9.85. The summed E-state index contributed by atoms with van der Waals surface area (Å²) in [4.78, 5) is 40.6. The van der Waals surface area contributed by atoms with E-state index in [2.05, 4.69) is 25.2 Å². The Hall–Kier alpha value is -4.96. The second-order valence-corrected chi connectivity index (χ2v) is 15.6. The van der Waals surface area contributed by atoms with Crippen LogP contribution in [-0.2, 0) is 29.4 Å². The van der Waals surface area contributed by atoms with Gasteiger partial charge in [0.25, 0.3) is 5.56 Å². The predicted octanol–water partition coefficient (Wildman–Crippen LogP) is 7.96. The van der Waals surface area contributed by atoms with Crippen molar-refractivity contribution in [1.82, 2.24) is 19.7 Å². The summed E-state index contributed by atoms with van der Waals surface area (Å²) in [6.07, 6.45) is -4.03. The van der Waals surface area contributed by atoms with Gasteiger partial charge >= 0.3 is 12.5 Å². The summed E-state index contributed by atoms with van der Waals surface area (Å²) in [6, 6.07) is 11.5. The van der Waals surface area contributed by atoms with Gasteiger partial charge in [-0.1, -0.05) is 18.2 Å². The molecule has 2 N–H and O–H groups in total. The molecule has 58 heavy (non-hydrogen) atoms. The second kappa shape index (κ2) is 16.7. The maximum absolute atomic E-state index is 14.3. The molecular weight excluding hydrogens is 771 g/mol. The molecule has 2 amide bonds. The molecule has 1 atom stereocenters. The van der Waals surface area contributed by atoms with Crippen molar-refractivity contribution in [2.24, 2.45) is 13.0 Å². The number of aromatic nitrogens is 1. The third-order valence-electron chi connectivity index (χ3n) is 11.7. The number of nitrogens with one attached hydrogen (secondary N) is 2. The van der Waals surface area contributed by atoms with Gasteiger partial charge in [-0.15, -0.1) is 13.2 Å². The lowest BCUT2D eigenvalue weighted by Gasteiger charge is -2.36. The Labute approximate surface area is 330 Å². The van der Waals surface area contributed by atoms with Crippen molar-refractivity contribution in [2.75, 3.05) is 38.0 Å². The van der Waals surface area contributed by atoms with E-state index >= 15 is 0 Å². The first-order chi connectivity index (χ1) is 27.5. The summed E-state index contributed by atoms with van der Waals surface area (Å²) >= 11 is 0. The topological polar surface area (TPSA) is 95.9 Å². The molecule has 0 saturated carbocycles. The number of ether oxygens (including phenoxy) is 1. The Morgan fingerprint density at radius 3 is 2.24 bits per heavy atom. The van der Waals surface area contributed by atoms with Gasteiger partial charge in [-0.05, 0) is 136 Å². The van der Waals surface area contributed by atoms with Crippen LogP contribution in [-0.4, -0.2) is 71.3 Å². The maximum Gasteiger partial charge on any atom is 0.573 e. The molecule has 3 saturated heterocycles. The molecule has 3 fully saturated rings. The minimum absolute atomic E-state index is 0.109. The van der Waals surface area contributed by atoms with Crippen molar-refractivity contribution in [3.8, 4) is 16.9 Å². The van der Waals surface area contributed by atoms with Crippen LogP contribution < -0.4 is 20.9 Å². The van der Waals surface area contributed by atoms with Crippen LogP contribution >= 0.6 is 0 Å². The van der Waals surface area contributed by atoms with E-state index in [1.807, 2.05) is 0 Å². The fourth-order valence-electron chi connectivity index (χ4n) is 8.53. The van der Waals surface area contributed by atoms with Crippen LogP contribution in [0, 0.1) is 11.7 Å². The van der Waals surface area contributed by atoms with E-state index in [0.717, 1.165) is 37.9 Å². The number of alkyl halides is 6. The number of imide groups is 1. The smallest absolute Gasteiger partial charge is 0.405 e. The summed E-state index contributed by atoms with van der Waals surface area (Å²) in [5.74, 6) is -1.79. The number of benzene rings is 3. The molecule has 1 unspecified atom stereocenters. The summed E-state index contributed by atoms with van der Waals surface area (Å²) in [6.45, 7) is 3.66. The number of likely N-dealkylation sites (tertiary alicyclic amines) is 2. The van der Waals surface area contributed by atoms with Gasteiger partial charge in [0.05, 0.1) is 5.56 Å². The summed E-state index contributed by atoms with van der Waals surface area (Å²) in [5, 5.41) is 5.57. The minimum Gasteiger partial charge on any atom is -0.405 e. The minimum atomic E-state index is -4.95. The molecule has 3 aliphatic heterocycles. The van der Waals surface area contributed by atoms with E-state index in [1.54, 1.807) is 18.2 Å². The van der Waals surface area contributed by atoms with Gasteiger partial charge in [0.2, 0.25) is 11.8 Å². The van der Waals surface area contributed by atoms with Crippen LogP contribution in [0.5, 0.6) is 5.75 Å². The molecule has 1 aromatic heterocycles. The number of nitrogens with zero attached hydrogens (tertiary/aromatic N) is 3. The van der Waals surface area contributed by atoms with Crippen LogP contribution in [0.15, 0.2) is 65.6 Å². The predicted molar refractivity (Wildman–Crippen MR) is 204 cm³/mol. The highest BCUT2D eigenvalue weighted by Crippen LogP contribution is 2.41. The number of hydrogen-bond donors (Lipinski definition) is 2. The first-order valence-electron chi connectivity index (χ1n) is 19.4. The standard InChI is InChI=1S/C42H44F7N5O4/c1-52-24-34(33-21-29(43)4-6-32(33)40(52)57)27-2-3-28(37(20-27)58-42(47,48)49)23-54-16-11-25(12-17-54)10-15-53-18-13-26(14-19-53)31-7-5-30(22-35(31)41(44,45)46)50-36-8-9-38(55)51-39(36)56/h2-7,20-22,24-26,36,50H,8-19,23H2,1H3,(H,51,55,56). The summed E-state index contributed by atoms with van der Waals surface area (Å²) in [7, 11) is 1.52. The van der Waals surface area contributed by atoms with Gasteiger partial charge in [-0.25, -0.2) is 4.39 Å². The van der Waals surface area contributed by atoms with Crippen molar-refractivity contribution < 1.29 is 45.1 Å². The van der Waals surface area contributed by atoms with Crippen LogP contribution in [0.1, 0.15) is 67.6 Å². The number of anilines is 1. The third kappa shape index (κ3) is 9.66. The molecule has 4 heterocycles. The van der Waals surface area contributed by atoms with Crippen molar-refractivity contribution in [3.05, 3.63) is 93.7 Å². The van der Waals surface area contributed by atoms with Gasteiger partial charge < -0.3 is 19.5 Å². The monoisotopic (exact) mass is 815 g/mol. The largest absolute Gasteiger partial charge is 0.573 e. The van der Waals surface area contributed by atoms with E-state index in [4.69, 9.17) is 0 Å². The molecule has 0 aliphatic carbocycles. The number of rotatable bonds is 10. The number of amides is 2. The highest BCUT2D eigenvalue weighted by atomic mass is 19.4. The lowest BCUT2D eigenvalue weighted by Crippen LogP contribution is -2.47. The van der Waals surface area contributed by atoms with E-state index in [9.17, 15) is 45.1 Å². The molecule has 4 aromatic rings. The highest BCUT2D eigenvalue weighted by Gasteiger charge is 2.37. The van der Waals surface area contributed by atoms with Gasteiger partial charge in [0.1, 0.15) is 17.6 Å². The number of aryl methyl sites for hydroxylation is 1. The van der Waals surface area contributed by atoms with Crippen LogP contribution in [0.4, 0.5) is 36.4 Å². The van der Waals surface area contributed by atoms with Gasteiger partial charge in [0.15, 0.2) is 0 Å². The Bertz CT molecular complexity index is 2220. The summed E-state index contributed by atoms with van der Waals surface area (Å²) in [5.41, 5.74) is 0.404. The van der Waals surface area contributed by atoms with Gasteiger partial charge in [-0.2, -0.15) is 13.2 Å². The Kier molecular flexibility index (Phi) is 11.9. The zero-order valence-corrected chi connectivity index (χ0v) is 31.8. The molecule has 0 radical (unpaired) electrons. The molecule has 0 spiro atoms. The Morgan fingerprint density at radius 1 is 0.828 bits per heavy atom. The van der Waals surface area contributed by atoms with Crippen molar-refractivity contribution in [1.29, 1.82) is 0 Å². The van der Waals surface area contributed by atoms with E-state index in [1.165, 1.54) is 42.1 Å². The summed E-state index contributed by atoms with van der Waals surface area (Å²) < 4.78 is 104. The zero-order valence-electron chi connectivity index (χ0n) is 31.8. The van der Waals surface area contributed by atoms with Gasteiger partial charge in [-0.3, -0.25) is 24.6 Å². The molecule has 3 aromatic carbocycles. The number of hydrogen-bond acceptors (Lipinski definition) is 7. The zero-order chi connectivity index (χ0) is 41.4. The van der Waals surface area contributed by atoms with Crippen LogP contribution in [0.25, 0.3) is 21.9 Å². The number of fused-ring (bicyclic) bond motifs is 1. The number of carbonyl (C=O) groups excluding carboxylic acids is 2. The first-order valence-corrected chi connectivity index (χ1v) is 19.4. The van der Waals surface area contributed by atoms with Crippen molar-refractivity contribution in [2.45, 2.75) is 76.0 Å². The normalized spacial score (nSPS) is 19.4. The number of piperidine rings is 3. The number of halogens is 7. The molecule has 9 nitrogen and oxygen atoms in total. The second-order valence-electron chi connectivity index (χ2n) is 15.6. The average Bonchev–Trinajstić information content (AvgIpc) is 3.17. The van der Waals surface area contributed by atoms with Crippen molar-refractivity contribution >= 4 is 28.3 Å². The fraction of sp³-hybridized carbons (Fsp3) is 0.452. The molecule has 310 valence electrons. The molecule has 16 heteroatoms. The van der Waals surface area contributed by atoms with Crippen LogP contribution in [0.2, 0.25) is 0 Å². The van der Waals surface area contributed by atoms with Crippen molar-refractivity contribution in [3.63, 3.8) is 0 Å². The van der Waals surface area contributed by atoms with E-state index in [0.29, 0.717) is 61.6 Å². The average molecular weight is 816 g/mol. The molecule has 0 bridgehead atoms. The third-order valence-corrected chi connectivity index (χ3v) is 11.7. The fourth-order valence-corrected chi connectivity index (χ4v) is 8.53. The Balaban J connectivity index is 0.929. The Morgan fingerprint density at radius 2 is 1.55 bits per heavy atom. The quantitative estimate of drug-likeness (QED) is 0.124. The number of pyridine rings is 1. The van der Waals surface area contributed by atoms with Gasteiger partial charge in [0, 0.05) is 48.4 Å². The molecule has 7 rings (SSSR count). The van der Waals surface area contributed by atoms with Crippen LogP contribution in [0.3, 0.4) is 0 Å². The van der Waals surface area contributed by atoms with E-state index < -0.39 is 41.8 Å². The maximum atomic E-state index is 14.3. The lowest BCUT2D eigenvalue weighted by molar-refractivity contribution is -0.275. The number of carbonyl (C=O) groups is 2. The van der Waals surface area contributed by atoms with E-state index in [-0.39, 0.29) is 58.6 Å². The first kappa shape index (κ1) is 41.2. The highest BCUT2D eigenvalue weighted by molar-refractivity contribution is 6.01. The molecule has 3 aliphatic rings. The molecular formula is C42H44F7N5O4.